The topological polar surface area (TPSA) is 38.7 Å². The smallest absolute Gasteiger partial charge is 0.312 e. The Morgan fingerprint density at radius 3 is 2.04 bits per heavy atom. The molecule has 0 saturated carbocycles. The third-order valence-corrected chi connectivity index (χ3v) is 3.34. The van der Waals surface area contributed by atoms with Gasteiger partial charge in [-0.15, -0.1) is 6.58 Å². The van der Waals surface area contributed by atoms with Gasteiger partial charge in [-0.25, -0.2) is 26.7 Å². The summed E-state index contributed by atoms with van der Waals surface area (Å²) < 4.78 is 66.6. The molecule has 0 bridgehead atoms. The van der Waals surface area contributed by atoms with Crippen molar-refractivity contribution in [2.75, 3.05) is 0 Å². The molecule has 0 unspecified atom stereocenters. The molecule has 136 valence electrons. The summed E-state index contributed by atoms with van der Waals surface area (Å²) in [6.07, 6.45) is 2.30. The molecule has 2 aromatic rings. The van der Waals surface area contributed by atoms with E-state index in [9.17, 15) is 26.7 Å². The Kier molecular flexibility index (Phi) is 6.21. The number of hydrogen-bond acceptors (Lipinski definition) is 3. The third-order valence-electron chi connectivity index (χ3n) is 3.34. The van der Waals surface area contributed by atoms with Crippen LogP contribution in [0.2, 0.25) is 0 Å². The average Bonchev–Trinajstić information content (AvgIpc) is 2.65. The first-order valence-corrected chi connectivity index (χ1v) is 7.34. The van der Waals surface area contributed by atoms with Crippen LogP contribution >= 0.6 is 0 Å². The van der Waals surface area contributed by atoms with Gasteiger partial charge in [0, 0.05) is 0 Å². The Bertz CT molecular complexity index is 837. The number of rotatable bonds is 6. The highest BCUT2D eigenvalue weighted by atomic mass is 19.2. The number of allylic oxidation sites excluding steroid dienone is 1. The van der Waals surface area contributed by atoms with E-state index in [-0.39, 0.29) is 12.1 Å². The van der Waals surface area contributed by atoms with Gasteiger partial charge in [0.05, 0.1) is 5.71 Å². The fraction of sp³-hybridized carbons (Fsp3) is 0.111. The molecule has 0 N–H and O–H groups in total. The fourth-order valence-electron chi connectivity index (χ4n) is 2.04. The van der Waals surface area contributed by atoms with Crippen LogP contribution in [0.15, 0.2) is 48.1 Å². The van der Waals surface area contributed by atoms with Gasteiger partial charge in [0.2, 0.25) is 5.82 Å². The van der Waals surface area contributed by atoms with Gasteiger partial charge in [-0.3, -0.25) is 0 Å². The maximum Gasteiger partial charge on any atom is 0.371 e. The molecule has 0 saturated heterocycles. The van der Waals surface area contributed by atoms with E-state index in [0.29, 0.717) is 12.0 Å². The largest absolute Gasteiger partial charge is 0.371 e. The van der Waals surface area contributed by atoms with Gasteiger partial charge in [0.25, 0.3) is 0 Å². The van der Waals surface area contributed by atoms with Crippen LogP contribution in [-0.2, 0) is 4.84 Å². The second-order valence-corrected chi connectivity index (χ2v) is 5.06. The lowest BCUT2D eigenvalue weighted by atomic mass is 10.1. The van der Waals surface area contributed by atoms with Crippen LogP contribution in [0, 0.1) is 29.1 Å². The average molecular weight is 369 g/mol. The number of carbonyl (C=O) groups is 1. The summed E-state index contributed by atoms with van der Waals surface area (Å²) in [5.74, 6) is -13.2. The normalized spacial score (nSPS) is 11.3. The summed E-state index contributed by atoms with van der Waals surface area (Å²) in [7, 11) is 0. The lowest BCUT2D eigenvalue weighted by molar-refractivity contribution is 0.0501. The molecule has 2 rings (SSSR count). The van der Waals surface area contributed by atoms with Crippen molar-refractivity contribution in [1.29, 1.82) is 0 Å². The highest BCUT2D eigenvalue weighted by molar-refractivity contribution is 6.01. The molecule has 3 nitrogen and oxygen atoms in total. The van der Waals surface area contributed by atoms with E-state index < -0.39 is 40.6 Å². The van der Waals surface area contributed by atoms with Gasteiger partial charge >= 0.3 is 5.97 Å². The van der Waals surface area contributed by atoms with Crippen LogP contribution in [-0.4, -0.2) is 11.7 Å². The zero-order chi connectivity index (χ0) is 19.3. The standard InChI is InChI=1S/C18H12F5NO2/c1-2-3-9-11(10-7-5-4-6-8-10)24-26-18(25)12-13(19)15(21)17(23)16(22)14(12)20/h2,4-8H,1,3,9H2/b24-11-. The molecule has 0 fully saturated rings. The van der Waals surface area contributed by atoms with E-state index in [1.807, 2.05) is 0 Å². The lowest BCUT2D eigenvalue weighted by Crippen LogP contribution is -2.14. The van der Waals surface area contributed by atoms with Crippen molar-refractivity contribution in [1.82, 2.24) is 0 Å². The minimum absolute atomic E-state index is 0.239. The molecule has 2 aromatic carbocycles. The van der Waals surface area contributed by atoms with Gasteiger partial charge in [0.15, 0.2) is 23.3 Å². The van der Waals surface area contributed by atoms with Crippen molar-refractivity contribution < 1.29 is 31.6 Å². The number of benzene rings is 2. The van der Waals surface area contributed by atoms with E-state index in [2.05, 4.69) is 16.6 Å². The monoisotopic (exact) mass is 369 g/mol. The third kappa shape index (κ3) is 3.96. The molecule has 0 aliphatic heterocycles. The number of hydrogen-bond donors (Lipinski definition) is 0. The van der Waals surface area contributed by atoms with Crippen molar-refractivity contribution in [3.63, 3.8) is 0 Å². The molecule has 0 atom stereocenters. The Morgan fingerprint density at radius 2 is 1.50 bits per heavy atom. The first-order chi connectivity index (χ1) is 12.4. The number of carbonyl (C=O) groups excluding carboxylic acids is 1. The number of halogens is 5. The predicted molar refractivity (Wildman–Crippen MR) is 84.1 cm³/mol. The first-order valence-electron chi connectivity index (χ1n) is 7.34. The summed E-state index contributed by atoms with van der Waals surface area (Å²) >= 11 is 0. The fourth-order valence-corrected chi connectivity index (χ4v) is 2.04. The Balaban J connectivity index is 2.36. The molecular weight excluding hydrogens is 357 g/mol. The minimum atomic E-state index is -2.36. The van der Waals surface area contributed by atoms with E-state index in [4.69, 9.17) is 0 Å². The number of oxime groups is 1. The molecule has 0 aromatic heterocycles. The van der Waals surface area contributed by atoms with Crippen LogP contribution in [0.4, 0.5) is 22.0 Å². The Labute approximate surface area is 145 Å². The van der Waals surface area contributed by atoms with E-state index in [0.717, 1.165) is 0 Å². The molecule has 0 radical (unpaired) electrons. The van der Waals surface area contributed by atoms with Crippen LogP contribution in [0.1, 0.15) is 28.8 Å². The summed E-state index contributed by atoms with van der Waals surface area (Å²) in [4.78, 5) is 16.3. The second-order valence-electron chi connectivity index (χ2n) is 5.06. The number of nitrogens with zero attached hydrogens (tertiary/aromatic N) is 1. The first kappa shape index (κ1) is 19.3. The van der Waals surface area contributed by atoms with Gasteiger partial charge in [-0.05, 0) is 18.4 Å². The summed E-state index contributed by atoms with van der Waals surface area (Å²) in [5.41, 5.74) is -0.913. The minimum Gasteiger partial charge on any atom is -0.312 e. The summed E-state index contributed by atoms with van der Waals surface area (Å²) in [6.45, 7) is 3.54. The Hall–Kier alpha value is -3.03. The van der Waals surface area contributed by atoms with Crippen LogP contribution in [0.3, 0.4) is 0 Å². The molecule has 26 heavy (non-hydrogen) atoms. The molecule has 0 amide bonds. The zero-order valence-electron chi connectivity index (χ0n) is 13.2. The molecule has 0 aliphatic rings. The zero-order valence-corrected chi connectivity index (χ0v) is 13.2. The van der Waals surface area contributed by atoms with Gasteiger partial charge in [-0.2, -0.15) is 0 Å². The van der Waals surface area contributed by atoms with Gasteiger partial charge in [-0.1, -0.05) is 41.6 Å². The SMILES string of the molecule is C=CCC/C(=N/OC(=O)c1c(F)c(F)c(F)c(F)c1F)c1ccccc1. The molecule has 0 heterocycles. The van der Waals surface area contributed by atoms with E-state index >= 15 is 0 Å². The summed E-state index contributed by atoms with van der Waals surface area (Å²) in [6, 6.07) is 8.40. The van der Waals surface area contributed by atoms with Crippen molar-refractivity contribution in [3.8, 4) is 0 Å². The van der Waals surface area contributed by atoms with E-state index in [1.54, 1.807) is 36.4 Å². The molecular formula is C18H12F5NO2. The molecule has 8 heteroatoms. The van der Waals surface area contributed by atoms with Crippen LogP contribution in [0.25, 0.3) is 0 Å². The van der Waals surface area contributed by atoms with Crippen LogP contribution < -0.4 is 0 Å². The van der Waals surface area contributed by atoms with Gasteiger partial charge < -0.3 is 4.84 Å². The summed E-state index contributed by atoms with van der Waals surface area (Å²) in [5, 5.41) is 3.52. The highest BCUT2D eigenvalue weighted by Crippen LogP contribution is 2.23. The Morgan fingerprint density at radius 1 is 0.962 bits per heavy atom. The van der Waals surface area contributed by atoms with Crippen molar-refractivity contribution in [3.05, 3.63) is 83.2 Å². The van der Waals surface area contributed by atoms with Crippen molar-refractivity contribution >= 4 is 11.7 Å². The maximum absolute atomic E-state index is 13.6. The lowest BCUT2D eigenvalue weighted by Gasteiger charge is -2.07. The van der Waals surface area contributed by atoms with Crippen LogP contribution in [0.5, 0.6) is 0 Å². The second kappa shape index (κ2) is 8.37. The van der Waals surface area contributed by atoms with Gasteiger partial charge in [0.1, 0.15) is 5.56 Å². The predicted octanol–water partition coefficient (Wildman–Crippen LogP) is 4.91. The molecule has 0 aliphatic carbocycles. The van der Waals surface area contributed by atoms with E-state index in [1.165, 1.54) is 0 Å². The van der Waals surface area contributed by atoms with Crippen molar-refractivity contribution in [2.24, 2.45) is 5.16 Å². The maximum atomic E-state index is 13.6. The highest BCUT2D eigenvalue weighted by Gasteiger charge is 2.31. The van der Waals surface area contributed by atoms with Crippen molar-refractivity contribution in [2.45, 2.75) is 12.8 Å². The quantitative estimate of drug-likeness (QED) is 0.138. The molecule has 0 spiro atoms.